The molecule has 0 atom stereocenters. The maximum atomic E-state index is 5.40. The van der Waals surface area contributed by atoms with Gasteiger partial charge in [-0.05, 0) is 22.9 Å². The minimum absolute atomic E-state index is 1.02. The van der Waals surface area contributed by atoms with Crippen molar-refractivity contribution in [3.05, 3.63) is 35.9 Å². The van der Waals surface area contributed by atoms with Gasteiger partial charge in [0.15, 0.2) is 5.58 Å². The molecule has 0 saturated heterocycles. The van der Waals surface area contributed by atoms with Crippen LogP contribution in [0.5, 0.6) is 0 Å². The Labute approximate surface area is 73.2 Å². The number of benzene rings is 1. The minimum atomic E-state index is 1.02. The lowest BCUT2D eigenvalue weighted by Gasteiger charge is -1.89. The Balaban J connectivity index is 2.71. The molecule has 1 aromatic carbocycles. The van der Waals surface area contributed by atoms with Gasteiger partial charge in [-0.2, -0.15) is 0 Å². The number of fused-ring (bicyclic) bond motifs is 3. The van der Waals surface area contributed by atoms with E-state index in [0.717, 1.165) is 5.58 Å². The Kier molecular flexibility index (Phi) is 1.10. The van der Waals surface area contributed by atoms with Crippen molar-refractivity contribution < 1.29 is 4.42 Å². The van der Waals surface area contributed by atoms with E-state index in [1.807, 2.05) is 6.07 Å². The zero-order chi connectivity index (χ0) is 7.97. The van der Waals surface area contributed by atoms with Gasteiger partial charge in [0.25, 0.3) is 0 Å². The Morgan fingerprint density at radius 1 is 1.00 bits per heavy atom. The number of hydrogen-bond donors (Lipinski definition) is 0. The van der Waals surface area contributed by atoms with Gasteiger partial charge in [-0.15, -0.1) is 11.3 Å². The first-order valence-electron chi connectivity index (χ1n) is 3.78. The fourth-order valence-electron chi connectivity index (χ4n) is 1.45. The predicted molar refractivity (Wildman–Crippen MR) is 51.6 cm³/mol. The zero-order valence-corrected chi connectivity index (χ0v) is 7.10. The smallest absolute Gasteiger partial charge is 0.151 e. The van der Waals surface area contributed by atoms with Gasteiger partial charge in [0.1, 0.15) is 0 Å². The summed E-state index contributed by atoms with van der Waals surface area (Å²) >= 11 is 1.73. The molecule has 0 aliphatic heterocycles. The molecule has 0 spiro atoms. The molecule has 3 aromatic rings. The SMILES string of the molecule is c1cc2ccc3ccsc3c2o1. The maximum absolute atomic E-state index is 5.40. The van der Waals surface area contributed by atoms with E-state index >= 15 is 0 Å². The van der Waals surface area contributed by atoms with Crippen LogP contribution in [0, 0.1) is 0 Å². The van der Waals surface area contributed by atoms with Crippen LogP contribution in [0.2, 0.25) is 0 Å². The molecule has 0 bridgehead atoms. The molecule has 2 heterocycles. The van der Waals surface area contributed by atoms with Gasteiger partial charge in [-0.3, -0.25) is 0 Å². The topological polar surface area (TPSA) is 13.1 Å². The van der Waals surface area contributed by atoms with Crippen LogP contribution in [0.25, 0.3) is 21.1 Å². The standard InChI is InChI=1S/C10H6OS/c1-2-8-4-6-12-10(8)9-7(1)3-5-11-9/h1-6H. The lowest BCUT2D eigenvalue weighted by atomic mass is 10.2. The molecule has 2 heteroatoms. The maximum Gasteiger partial charge on any atom is 0.151 e. The number of rotatable bonds is 0. The van der Waals surface area contributed by atoms with Crippen molar-refractivity contribution >= 4 is 32.4 Å². The molecule has 0 fully saturated rings. The molecule has 1 nitrogen and oxygen atoms in total. The van der Waals surface area contributed by atoms with E-state index < -0.39 is 0 Å². The first-order chi connectivity index (χ1) is 5.95. The third-order valence-corrected chi connectivity index (χ3v) is 2.97. The Hall–Kier alpha value is -1.28. The quantitative estimate of drug-likeness (QED) is 0.507. The molecule has 2 aromatic heterocycles. The van der Waals surface area contributed by atoms with Crippen molar-refractivity contribution in [2.45, 2.75) is 0 Å². The van der Waals surface area contributed by atoms with E-state index in [4.69, 9.17) is 4.42 Å². The Morgan fingerprint density at radius 2 is 1.92 bits per heavy atom. The molecule has 0 radical (unpaired) electrons. The average Bonchev–Trinajstić information content (AvgIpc) is 2.71. The summed E-state index contributed by atoms with van der Waals surface area (Å²) in [6, 6.07) is 8.33. The Bertz CT molecular complexity index is 483. The van der Waals surface area contributed by atoms with Crippen LogP contribution in [0.3, 0.4) is 0 Å². The fourth-order valence-corrected chi connectivity index (χ4v) is 2.35. The highest BCUT2D eigenvalue weighted by atomic mass is 32.1. The third-order valence-electron chi connectivity index (χ3n) is 2.04. The summed E-state index contributed by atoms with van der Waals surface area (Å²) in [7, 11) is 0. The van der Waals surface area contributed by atoms with Gasteiger partial charge >= 0.3 is 0 Å². The molecule has 0 N–H and O–H groups in total. The van der Waals surface area contributed by atoms with Crippen molar-refractivity contribution in [1.29, 1.82) is 0 Å². The molecule has 0 unspecified atom stereocenters. The summed E-state index contributed by atoms with van der Waals surface area (Å²) in [6.07, 6.45) is 1.74. The molecule has 58 valence electrons. The summed E-state index contributed by atoms with van der Waals surface area (Å²) in [5, 5.41) is 4.54. The monoisotopic (exact) mass is 174 g/mol. The second-order valence-electron chi connectivity index (χ2n) is 2.74. The summed E-state index contributed by atoms with van der Waals surface area (Å²) in [6.45, 7) is 0. The lowest BCUT2D eigenvalue weighted by Crippen LogP contribution is -1.63. The van der Waals surface area contributed by atoms with Gasteiger partial charge in [0.05, 0.1) is 11.0 Å². The third kappa shape index (κ3) is 0.676. The average molecular weight is 174 g/mol. The van der Waals surface area contributed by atoms with Crippen LogP contribution < -0.4 is 0 Å². The summed E-state index contributed by atoms with van der Waals surface area (Å²) < 4.78 is 6.65. The second-order valence-corrected chi connectivity index (χ2v) is 3.66. The van der Waals surface area contributed by atoms with Gasteiger partial charge in [0.2, 0.25) is 0 Å². The molecular formula is C10H6OS. The van der Waals surface area contributed by atoms with Gasteiger partial charge < -0.3 is 4.42 Å². The number of hydrogen-bond acceptors (Lipinski definition) is 2. The highest BCUT2D eigenvalue weighted by Gasteiger charge is 2.02. The van der Waals surface area contributed by atoms with Crippen LogP contribution >= 0.6 is 11.3 Å². The van der Waals surface area contributed by atoms with E-state index in [-0.39, 0.29) is 0 Å². The van der Waals surface area contributed by atoms with E-state index in [1.54, 1.807) is 17.6 Å². The minimum Gasteiger partial charge on any atom is -0.463 e. The highest BCUT2D eigenvalue weighted by molar-refractivity contribution is 7.18. The van der Waals surface area contributed by atoms with E-state index in [0.29, 0.717) is 0 Å². The predicted octanol–water partition coefficient (Wildman–Crippen LogP) is 3.65. The first-order valence-corrected chi connectivity index (χ1v) is 4.66. The van der Waals surface area contributed by atoms with Crippen molar-refractivity contribution in [2.24, 2.45) is 0 Å². The first kappa shape index (κ1) is 6.26. The molecule has 3 rings (SSSR count). The second kappa shape index (κ2) is 2.11. The van der Waals surface area contributed by atoms with Crippen LogP contribution in [-0.2, 0) is 0 Å². The summed E-state index contributed by atoms with van der Waals surface area (Å²) in [4.78, 5) is 0. The van der Waals surface area contributed by atoms with Crippen LogP contribution in [0.1, 0.15) is 0 Å². The fraction of sp³-hybridized carbons (Fsp3) is 0. The summed E-state index contributed by atoms with van der Waals surface area (Å²) in [5.74, 6) is 0. The van der Waals surface area contributed by atoms with Gasteiger partial charge in [-0.1, -0.05) is 12.1 Å². The van der Waals surface area contributed by atoms with Crippen molar-refractivity contribution in [2.75, 3.05) is 0 Å². The van der Waals surface area contributed by atoms with E-state index in [9.17, 15) is 0 Å². The highest BCUT2D eigenvalue weighted by Crippen LogP contribution is 2.29. The lowest BCUT2D eigenvalue weighted by molar-refractivity contribution is 0.619. The summed E-state index contributed by atoms with van der Waals surface area (Å²) in [5.41, 5.74) is 1.02. The van der Waals surface area contributed by atoms with Crippen LogP contribution in [-0.4, -0.2) is 0 Å². The molecular weight excluding hydrogens is 168 g/mol. The van der Waals surface area contributed by atoms with Crippen LogP contribution in [0.15, 0.2) is 40.3 Å². The van der Waals surface area contributed by atoms with Crippen molar-refractivity contribution in [3.8, 4) is 0 Å². The molecule has 0 aliphatic rings. The van der Waals surface area contributed by atoms with Crippen molar-refractivity contribution in [3.63, 3.8) is 0 Å². The normalized spacial score (nSPS) is 11.3. The van der Waals surface area contributed by atoms with Gasteiger partial charge in [-0.25, -0.2) is 0 Å². The molecule has 0 saturated carbocycles. The number of furan rings is 1. The number of thiophene rings is 1. The Morgan fingerprint density at radius 3 is 2.92 bits per heavy atom. The molecule has 0 aliphatic carbocycles. The largest absolute Gasteiger partial charge is 0.463 e. The van der Waals surface area contributed by atoms with Crippen molar-refractivity contribution in [1.82, 2.24) is 0 Å². The van der Waals surface area contributed by atoms with Crippen LogP contribution in [0.4, 0.5) is 0 Å². The van der Waals surface area contributed by atoms with Gasteiger partial charge in [0, 0.05) is 5.39 Å². The zero-order valence-electron chi connectivity index (χ0n) is 6.28. The van der Waals surface area contributed by atoms with E-state index in [2.05, 4.69) is 23.6 Å². The molecule has 0 amide bonds. The van der Waals surface area contributed by atoms with E-state index in [1.165, 1.54) is 15.5 Å². The molecule has 12 heavy (non-hydrogen) atoms.